The minimum atomic E-state index is -3.54. The molecule has 6 heteroatoms. The molecule has 0 spiro atoms. The Morgan fingerprint density at radius 2 is 2.17 bits per heavy atom. The highest BCUT2D eigenvalue weighted by atomic mass is 32.2. The zero-order chi connectivity index (χ0) is 16.9. The van der Waals surface area contributed by atoms with Gasteiger partial charge in [0.1, 0.15) is 15.6 Å². The van der Waals surface area contributed by atoms with Crippen LogP contribution >= 0.6 is 11.3 Å². The fourth-order valence-corrected chi connectivity index (χ4v) is 5.44. The fraction of sp³-hybridized carbons (Fsp3) is 0.333. The van der Waals surface area contributed by atoms with Crippen molar-refractivity contribution < 1.29 is 12.8 Å². The summed E-state index contributed by atoms with van der Waals surface area (Å²) in [6.45, 7) is 4.15. The standard InChI is InChI=1S/C18H19NO3S2/c1-11-5-6-16-13(8-11)14-10-15(12(2)9-17(14)22-16)19-24(20,21)18-4-3-7-23-18/h3-4,7,9-11,19H,5-6,8H2,1-2H3. The van der Waals surface area contributed by atoms with Crippen molar-refractivity contribution in [3.05, 3.63) is 46.5 Å². The lowest BCUT2D eigenvalue weighted by Crippen LogP contribution is -2.12. The Hall–Kier alpha value is -1.79. The first-order valence-corrected chi connectivity index (χ1v) is 10.4. The van der Waals surface area contributed by atoms with Gasteiger partial charge in [0.05, 0.1) is 5.69 Å². The smallest absolute Gasteiger partial charge is 0.271 e. The van der Waals surface area contributed by atoms with Crippen LogP contribution in [0, 0.1) is 12.8 Å². The molecule has 4 nitrogen and oxygen atoms in total. The van der Waals surface area contributed by atoms with Crippen LogP contribution in [0.2, 0.25) is 0 Å². The Bertz CT molecular complexity index is 1000. The lowest BCUT2D eigenvalue weighted by Gasteiger charge is -2.16. The quantitative estimate of drug-likeness (QED) is 0.734. The van der Waals surface area contributed by atoms with E-state index < -0.39 is 10.0 Å². The van der Waals surface area contributed by atoms with E-state index in [0.717, 1.165) is 41.6 Å². The van der Waals surface area contributed by atoms with Gasteiger partial charge in [-0.2, -0.15) is 0 Å². The van der Waals surface area contributed by atoms with Gasteiger partial charge >= 0.3 is 0 Å². The summed E-state index contributed by atoms with van der Waals surface area (Å²) in [4.78, 5) is 0. The first-order chi connectivity index (χ1) is 11.4. The third-order valence-electron chi connectivity index (χ3n) is 4.64. The molecule has 2 aromatic heterocycles. The van der Waals surface area contributed by atoms with Crippen LogP contribution in [0.25, 0.3) is 11.0 Å². The van der Waals surface area contributed by atoms with E-state index >= 15 is 0 Å². The van der Waals surface area contributed by atoms with Crippen LogP contribution in [-0.4, -0.2) is 8.42 Å². The summed E-state index contributed by atoms with van der Waals surface area (Å²) in [6, 6.07) is 7.21. The predicted octanol–water partition coefficient (Wildman–Crippen LogP) is 4.73. The molecule has 2 heterocycles. The molecule has 1 aromatic carbocycles. The van der Waals surface area contributed by atoms with Crippen molar-refractivity contribution in [2.45, 2.75) is 37.3 Å². The molecule has 0 saturated heterocycles. The molecule has 0 aliphatic heterocycles. The molecule has 0 amide bonds. The van der Waals surface area contributed by atoms with Gasteiger partial charge in [-0.05, 0) is 54.8 Å². The third-order valence-corrected chi connectivity index (χ3v) is 7.41. The number of nitrogens with one attached hydrogen (secondary N) is 1. The number of rotatable bonds is 3. The summed E-state index contributed by atoms with van der Waals surface area (Å²) < 4.78 is 34.1. The van der Waals surface area contributed by atoms with E-state index in [1.165, 1.54) is 16.9 Å². The normalized spacial score (nSPS) is 17.8. The van der Waals surface area contributed by atoms with Crippen LogP contribution in [0.4, 0.5) is 5.69 Å². The van der Waals surface area contributed by atoms with E-state index in [-0.39, 0.29) is 0 Å². The number of fused-ring (bicyclic) bond motifs is 3. The molecule has 0 saturated carbocycles. The summed E-state index contributed by atoms with van der Waals surface area (Å²) in [6.07, 6.45) is 3.09. The zero-order valence-electron chi connectivity index (χ0n) is 13.6. The molecule has 4 rings (SSSR count). The third kappa shape index (κ3) is 2.63. The molecule has 0 bridgehead atoms. The molecule has 1 N–H and O–H groups in total. The summed E-state index contributed by atoms with van der Waals surface area (Å²) in [5.41, 5.74) is 3.57. The highest BCUT2D eigenvalue weighted by Crippen LogP contribution is 2.37. The van der Waals surface area contributed by atoms with Crippen molar-refractivity contribution in [3.8, 4) is 0 Å². The van der Waals surface area contributed by atoms with Crippen LogP contribution in [-0.2, 0) is 22.9 Å². The average Bonchev–Trinajstić information content (AvgIpc) is 3.16. The van der Waals surface area contributed by atoms with Gasteiger partial charge in [0, 0.05) is 17.4 Å². The second kappa shape index (κ2) is 5.63. The molecule has 1 unspecified atom stereocenters. The fourth-order valence-electron chi connectivity index (χ4n) is 3.32. The van der Waals surface area contributed by atoms with Crippen LogP contribution in [0.3, 0.4) is 0 Å². The number of anilines is 1. The number of furan rings is 1. The Morgan fingerprint density at radius 1 is 1.33 bits per heavy atom. The first-order valence-electron chi connectivity index (χ1n) is 8.05. The number of benzene rings is 1. The van der Waals surface area contributed by atoms with E-state index in [0.29, 0.717) is 15.8 Å². The van der Waals surface area contributed by atoms with Gasteiger partial charge in [-0.1, -0.05) is 13.0 Å². The topological polar surface area (TPSA) is 59.3 Å². The number of hydrogen-bond donors (Lipinski definition) is 1. The van der Waals surface area contributed by atoms with Crippen LogP contribution in [0.15, 0.2) is 38.3 Å². The van der Waals surface area contributed by atoms with Crippen LogP contribution < -0.4 is 4.72 Å². The Labute approximate surface area is 145 Å². The summed E-state index contributed by atoms with van der Waals surface area (Å²) in [5, 5.41) is 2.80. The van der Waals surface area contributed by atoms with E-state index in [1.54, 1.807) is 17.5 Å². The molecule has 126 valence electrons. The van der Waals surface area contributed by atoms with E-state index in [9.17, 15) is 8.42 Å². The summed E-state index contributed by atoms with van der Waals surface area (Å²) >= 11 is 1.21. The number of aryl methyl sites for hydroxylation is 2. The van der Waals surface area contributed by atoms with Gasteiger partial charge in [-0.25, -0.2) is 8.42 Å². The van der Waals surface area contributed by atoms with E-state index in [2.05, 4.69) is 11.6 Å². The highest BCUT2D eigenvalue weighted by molar-refractivity contribution is 7.94. The van der Waals surface area contributed by atoms with Gasteiger partial charge in [-0.15, -0.1) is 11.3 Å². The molecular formula is C18H19NO3S2. The van der Waals surface area contributed by atoms with Crippen LogP contribution in [0.5, 0.6) is 0 Å². The maximum atomic E-state index is 12.5. The second-order valence-electron chi connectivity index (χ2n) is 6.55. The second-order valence-corrected chi connectivity index (χ2v) is 9.41. The van der Waals surface area contributed by atoms with Crippen molar-refractivity contribution in [3.63, 3.8) is 0 Å². The molecule has 0 radical (unpaired) electrons. The molecule has 1 aliphatic carbocycles. The van der Waals surface area contributed by atoms with E-state index in [1.807, 2.05) is 19.1 Å². The Morgan fingerprint density at radius 3 is 2.92 bits per heavy atom. The van der Waals surface area contributed by atoms with Gasteiger partial charge in [0.15, 0.2) is 0 Å². The number of thiophene rings is 1. The molecule has 3 aromatic rings. The van der Waals surface area contributed by atoms with Crippen molar-refractivity contribution >= 4 is 38.0 Å². The molecule has 1 aliphatic rings. The molecule has 1 atom stereocenters. The van der Waals surface area contributed by atoms with Crippen molar-refractivity contribution in [2.24, 2.45) is 5.92 Å². The maximum absolute atomic E-state index is 12.5. The lowest BCUT2D eigenvalue weighted by atomic mass is 9.88. The predicted molar refractivity (Wildman–Crippen MR) is 97.3 cm³/mol. The molecule has 24 heavy (non-hydrogen) atoms. The highest BCUT2D eigenvalue weighted by Gasteiger charge is 2.23. The maximum Gasteiger partial charge on any atom is 0.271 e. The molecule has 0 fully saturated rings. The largest absolute Gasteiger partial charge is 0.461 e. The van der Waals surface area contributed by atoms with Gasteiger partial charge in [0.25, 0.3) is 10.0 Å². The average molecular weight is 361 g/mol. The van der Waals surface area contributed by atoms with Gasteiger partial charge in [-0.3, -0.25) is 4.72 Å². The number of hydrogen-bond acceptors (Lipinski definition) is 4. The lowest BCUT2D eigenvalue weighted by molar-refractivity contribution is 0.438. The summed E-state index contributed by atoms with van der Waals surface area (Å²) in [7, 11) is -3.54. The minimum absolute atomic E-state index is 0.324. The van der Waals surface area contributed by atoms with Crippen molar-refractivity contribution in [2.75, 3.05) is 4.72 Å². The van der Waals surface area contributed by atoms with Gasteiger partial charge in [0.2, 0.25) is 0 Å². The van der Waals surface area contributed by atoms with Crippen molar-refractivity contribution in [1.29, 1.82) is 0 Å². The minimum Gasteiger partial charge on any atom is -0.461 e. The zero-order valence-corrected chi connectivity index (χ0v) is 15.3. The van der Waals surface area contributed by atoms with Gasteiger partial charge < -0.3 is 4.42 Å². The van der Waals surface area contributed by atoms with Crippen LogP contribution in [0.1, 0.15) is 30.2 Å². The Balaban J connectivity index is 1.79. The van der Waals surface area contributed by atoms with E-state index in [4.69, 9.17) is 4.42 Å². The number of sulfonamides is 1. The summed E-state index contributed by atoms with van der Waals surface area (Å²) in [5.74, 6) is 1.69. The monoisotopic (exact) mass is 361 g/mol. The first kappa shape index (κ1) is 15.7. The Kier molecular flexibility index (Phi) is 3.69. The van der Waals surface area contributed by atoms with Crippen molar-refractivity contribution in [1.82, 2.24) is 0 Å². The molecular weight excluding hydrogens is 342 g/mol. The SMILES string of the molecule is Cc1cc2oc3c(c2cc1NS(=O)(=O)c1cccs1)CC(C)CC3.